The topological polar surface area (TPSA) is 0 Å². The van der Waals surface area contributed by atoms with E-state index in [4.69, 9.17) is 0 Å². The van der Waals surface area contributed by atoms with E-state index in [0.717, 1.165) is 0 Å². The molecule has 0 heterocycles. The zero-order valence-corrected chi connectivity index (χ0v) is 12.1. The van der Waals surface area contributed by atoms with Crippen LogP contribution in [0.2, 0.25) is 13.1 Å². The first kappa shape index (κ1) is 12.1. The summed E-state index contributed by atoms with van der Waals surface area (Å²) in [5, 5.41) is 3.02. The largest absolute Gasteiger partial charge is 0.112 e. The second kappa shape index (κ2) is 4.50. The highest BCUT2D eigenvalue weighted by Gasteiger charge is 2.25. The molecule has 0 unspecified atom stereocenters. The summed E-state index contributed by atoms with van der Waals surface area (Å²) in [4.78, 5) is 0. The molecule has 0 aliphatic heterocycles. The zero-order chi connectivity index (χ0) is 12.5. The molecule has 0 saturated heterocycles. The molecule has 0 nitrogen and oxygen atoms in total. The van der Waals surface area contributed by atoms with Gasteiger partial charge in [-0.2, -0.15) is 0 Å². The lowest BCUT2D eigenvalue weighted by atomic mass is 10.1. The van der Waals surface area contributed by atoms with Crippen molar-refractivity contribution >= 4 is 18.4 Å². The SMILES string of the molecule is Cc1ccc([Si](C)(C)c2ccccc2)cc1C. The van der Waals surface area contributed by atoms with Gasteiger partial charge in [-0.1, -0.05) is 72.0 Å². The molecule has 1 heteroatoms. The number of rotatable bonds is 2. The van der Waals surface area contributed by atoms with Crippen molar-refractivity contribution in [2.45, 2.75) is 26.9 Å². The summed E-state index contributed by atoms with van der Waals surface area (Å²) >= 11 is 0. The number of hydrogen-bond acceptors (Lipinski definition) is 0. The van der Waals surface area contributed by atoms with Crippen molar-refractivity contribution in [3.8, 4) is 0 Å². The van der Waals surface area contributed by atoms with Crippen LogP contribution in [0, 0.1) is 13.8 Å². The molecule has 0 N–H and O–H groups in total. The van der Waals surface area contributed by atoms with Crippen LogP contribution in [0.15, 0.2) is 48.5 Å². The smallest absolute Gasteiger partial charge is 0.0626 e. The van der Waals surface area contributed by atoms with Gasteiger partial charge in [0.1, 0.15) is 8.07 Å². The highest BCUT2D eigenvalue weighted by molar-refractivity contribution is 7.00. The van der Waals surface area contributed by atoms with Crippen molar-refractivity contribution in [1.82, 2.24) is 0 Å². The Morgan fingerprint density at radius 1 is 0.706 bits per heavy atom. The predicted octanol–water partition coefficient (Wildman–Crippen LogP) is 3.13. The van der Waals surface area contributed by atoms with Crippen molar-refractivity contribution in [3.05, 3.63) is 59.7 Å². The normalized spacial score (nSPS) is 11.5. The minimum atomic E-state index is -1.51. The molecule has 17 heavy (non-hydrogen) atoms. The van der Waals surface area contributed by atoms with Crippen LogP contribution >= 0.6 is 0 Å². The van der Waals surface area contributed by atoms with E-state index in [9.17, 15) is 0 Å². The molecule has 0 aliphatic rings. The molecule has 0 amide bonds. The van der Waals surface area contributed by atoms with Crippen LogP contribution in [0.3, 0.4) is 0 Å². The molecule has 0 bridgehead atoms. The van der Waals surface area contributed by atoms with Crippen LogP contribution < -0.4 is 10.4 Å². The Bertz CT molecular complexity index is 512. The number of hydrogen-bond donors (Lipinski definition) is 0. The second-order valence-electron chi connectivity index (χ2n) is 5.29. The Hall–Kier alpha value is -1.34. The average molecular weight is 240 g/mol. The van der Waals surface area contributed by atoms with Crippen molar-refractivity contribution in [3.63, 3.8) is 0 Å². The molecule has 2 aromatic rings. The van der Waals surface area contributed by atoms with Crippen LogP contribution in [0.1, 0.15) is 11.1 Å². The first-order valence-electron chi connectivity index (χ1n) is 6.15. The Morgan fingerprint density at radius 3 is 1.94 bits per heavy atom. The molecule has 0 aromatic heterocycles. The standard InChI is InChI=1S/C16H20Si/c1-13-10-11-16(12-14(13)2)17(3,4)15-8-6-5-7-9-15/h5-12H,1-4H3. The first-order valence-corrected chi connectivity index (χ1v) is 9.15. The fraction of sp³-hybridized carbons (Fsp3) is 0.250. The molecule has 0 aliphatic carbocycles. The van der Waals surface area contributed by atoms with Gasteiger partial charge in [0.05, 0.1) is 0 Å². The van der Waals surface area contributed by atoms with Gasteiger partial charge in [0.15, 0.2) is 0 Å². The van der Waals surface area contributed by atoms with Gasteiger partial charge in [-0.25, -0.2) is 0 Å². The maximum Gasteiger partial charge on any atom is 0.112 e. The summed E-state index contributed by atoms with van der Waals surface area (Å²) in [5.74, 6) is 0. The van der Waals surface area contributed by atoms with Crippen LogP contribution in [0.25, 0.3) is 0 Å². The third kappa shape index (κ3) is 2.34. The zero-order valence-electron chi connectivity index (χ0n) is 11.1. The molecule has 2 rings (SSSR count). The summed E-state index contributed by atoms with van der Waals surface area (Å²) in [6, 6.07) is 17.8. The quantitative estimate of drug-likeness (QED) is 0.708. The van der Waals surface area contributed by atoms with E-state index in [0.29, 0.717) is 0 Å². The van der Waals surface area contributed by atoms with E-state index in [1.54, 1.807) is 0 Å². The van der Waals surface area contributed by atoms with E-state index >= 15 is 0 Å². The van der Waals surface area contributed by atoms with E-state index in [-0.39, 0.29) is 0 Å². The van der Waals surface area contributed by atoms with E-state index in [1.807, 2.05) is 0 Å². The lowest BCUT2D eigenvalue weighted by Crippen LogP contribution is -2.52. The second-order valence-corrected chi connectivity index (χ2v) is 9.69. The monoisotopic (exact) mass is 240 g/mol. The molecule has 88 valence electrons. The number of aryl methyl sites for hydroxylation is 2. The minimum absolute atomic E-state index is 1.38. The van der Waals surface area contributed by atoms with Crippen molar-refractivity contribution in [1.29, 1.82) is 0 Å². The Balaban J connectivity index is 2.48. The van der Waals surface area contributed by atoms with Crippen LogP contribution in [0.4, 0.5) is 0 Å². The molecular weight excluding hydrogens is 220 g/mol. The van der Waals surface area contributed by atoms with Crippen LogP contribution in [-0.4, -0.2) is 8.07 Å². The minimum Gasteiger partial charge on any atom is -0.0626 e. The van der Waals surface area contributed by atoms with Crippen molar-refractivity contribution in [2.75, 3.05) is 0 Å². The lowest BCUT2D eigenvalue weighted by Gasteiger charge is -2.24. The lowest BCUT2D eigenvalue weighted by molar-refractivity contribution is 1.35. The van der Waals surface area contributed by atoms with Crippen LogP contribution in [0.5, 0.6) is 0 Å². The molecule has 2 aromatic carbocycles. The predicted molar refractivity (Wildman–Crippen MR) is 79.1 cm³/mol. The summed E-state index contributed by atoms with van der Waals surface area (Å²) in [6.45, 7) is 9.23. The third-order valence-electron chi connectivity index (χ3n) is 3.72. The van der Waals surface area contributed by atoms with E-state index in [2.05, 4.69) is 75.5 Å². The van der Waals surface area contributed by atoms with Gasteiger partial charge < -0.3 is 0 Å². The van der Waals surface area contributed by atoms with Crippen molar-refractivity contribution < 1.29 is 0 Å². The summed E-state index contributed by atoms with van der Waals surface area (Å²) in [7, 11) is -1.51. The highest BCUT2D eigenvalue weighted by Crippen LogP contribution is 2.09. The Labute approximate surface area is 105 Å². The summed E-state index contributed by atoms with van der Waals surface area (Å²) < 4.78 is 0. The van der Waals surface area contributed by atoms with Gasteiger partial charge in [0, 0.05) is 0 Å². The maximum absolute atomic E-state index is 2.42. The highest BCUT2D eigenvalue weighted by atomic mass is 28.3. The molecule has 0 saturated carbocycles. The molecule has 0 atom stereocenters. The summed E-state index contributed by atoms with van der Waals surface area (Å²) in [6.07, 6.45) is 0. The summed E-state index contributed by atoms with van der Waals surface area (Å²) in [5.41, 5.74) is 2.78. The molecular formula is C16H20Si. The van der Waals surface area contributed by atoms with Gasteiger partial charge in [0.25, 0.3) is 0 Å². The van der Waals surface area contributed by atoms with Gasteiger partial charge in [-0.3, -0.25) is 0 Å². The maximum atomic E-state index is 2.42. The number of benzene rings is 2. The molecule has 0 spiro atoms. The molecule has 0 fully saturated rings. The fourth-order valence-electron chi connectivity index (χ4n) is 2.15. The fourth-order valence-corrected chi connectivity index (χ4v) is 4.59. The van der Waals surface area contributed by atoms with Gasteiger partial charge in [-0.05, 0) is 25.0 Å². The Morgan fingerprint density at radius 2 is 1.35 bits per heavy atom. The third-order valence-corrected chi connectivity index (χ3v) is 7.26. The molecule has 0 radical (unpaired) electrons. The van der Waals surface area contributed by atoms with Crippen molar-refractivity contribution in [2.24, 2.45) is 0 Å². The first-order chi connectivity index (χ1) is 8.01. The van der Waals surface area contributed by atoms with E-state index in [1.165, 1.54) is 21.5 Å². The average Bonchev–Trinajstić information content (AvgIpc) is 2.33. The van der Waals surface area contributed by atoms with Gasteiger partial charge in [-0.15, -0.1) is 0 Å². The van der Waals surface area contributed by atoms with Gasteiger partial charge >= 0.3 is 0 Å². The van der Waals surface area contributed by atoms with Gasteiger partial charge in [0.2, 0.25) is 0 Å². The Kier molecular flexibility index (Phi) is 3.21. The van der Waals surface area contributed by atoms with E-state index < -0.39 is 8.07 Å². The van der Waals surface area contributed by atoms with Crippen LogP contribution in [-0.2, 0) is 0 Å².